The third-order valence-electron chi connectivity index (χ3n) is 5.03. The molecule has 1 amide bonds. The Bertz CT molecular complexity index is 993. The van der Waals surface area contributed by atoms with Crippen LogP contribution in [0, 0.1) is 11.8 Å². The minimum absolute atomic E-state index is 0.0103. The molecule has 130 valence electrons. The van der Waals surface area contributed by atoms with Crippen LogP contribution in [0.2, 0.25) is 0 Å². The highest BCUT2D eigenvalue weighted by Gasteiger charge is 2.26. The maximum Gasteiger partial charge on any atom is 0.291 e. The average Bonchev–Trinajstić information content (AvgIpc) is 2.96. The SMILES string of the molecule is C[C@H]1C[C@H](C)CN(C(=O)Cn2ncc3c([nH]c4ccccc43)c2=O)C1. The number of likely N-dealkylation sites (tertiary alicyclic amines) is 1. The number of H-pyrrole nitrogens is 1. The molecule has 6 nitrogen and oxygen atoms in total. The van der Waals surface area contributed by atoms with Crippen LogP contribution in [-0.2, 0) is 11.3 Å². The normalized spacial score (nSPS) is 21.1. The fourth-order valence-electron chi connectivity index (χ4n) is 3.98. The molecule has 2 aromatic heterocycles. The second-order valence-corrected chi connectivity index (χ2v) is 7.31. The Kier molecular flexibility index (Phi) is 3.82. The maximum absolute atomic E-state index is 12.7. The predicted molar refractivity (Wildman–Crippen MR) is 97.4 cm³/mol. The third kappa shape index (κ3) is 2.81. The fourth-order valence-corrected chi connectivity index (χ4v) is 3.98. The van der Waals surface area contributed by atoms with Crippen LogP contribution in [0.1, 0.15) is 20.3 Å². The number of para-hydroxylation sites is 1. The molecule has 2 atom stereocenters. The number of aromatic amines is 1. The van der Waals surface area contributed by atoms with Crippen molar-refractivity contribution >= 4 is 27.7 Å². The average molecular weight is 338 g/mol. The van der Waals surface area contributed by atoms with Crippen molar-refractivity contribution in [1.82, 2.24) is 19.7 Å². The molecule has 25 heavy (non-hydrogen) atoms. The van der Waals surface area contributed by atoms with Crippen molar-refractivity contribution in [3.63, 3.8) is 0 Å². The Morgan fingerprint density at radius 1 is 1.20 bits per heavy atom. The van der Waals surface area contributed by atoms with Crippen LogP contribution in [-0.4, -0.2) is 38.7 Å². The molecular formula is C19H22N4O2. The molecule has 0 aliphatic carbocycles. The van der Waals surface area contributed by atoms with Crippen molar-refractivity contribution in [2.75, 3.05) is 13.1 Å². The number of benzene rings is 1. The van der Waals surface area contributed by atoms with Crippen molar-refractivity contribution < 1.29 is 4.79 Å². The largest absolute Gasteiger partial charge is 0.350 e. The van der Waals surface area contributed by atoms with Gasteiger partial charge in [0, 0.05) is 29.4 Å². The summed E-state index contributed by atoms with van der Waals surface area (Å²) in [6.45, 7) is 5.83. The number of hydrogen-bond donors (Lipinski definition) is 1. The Morgan fingerprint density at radius 3 is 2.68 bits per heavy atom. The van der Waals surface area contributed by atoms with Gasteiger partial charge in [0.05, 0.1) is 6.20 Å². The number of nitrogens with zero attached hydrogens (tertiary/aromatic N) is 3. The summed E-state index contributed by atoms with van der Waals surface area (Å²) >= 11 is 0. The Hall–Kier alpha value is -2.63. The number of aromatic nitrogens is 3. The van der Waals surface area contributed by atoms with Gasteiger partial charge in [0.2, 0.25) is 5.91 Å². The Labute approximate surface area is 145 Å². The summed E-state index contributed by atoms with van der Waals surface area (Å²) in [6.07, 6.45) is 2.81. The highest BCUT2D eigenvalue weighted by atomic mass is 16.2. The topological polar surface area (TPSA) is 71.0 Å². The zero-order chi connectivity index (χ0) is 17.6. The van der Waals surface area contributed by atoms with E-state index < -0.39 is 0 Å². The molecule has 3 aromatic rings. The van der Waals surface area contributed by atoms with E-state index in [0.717, 1.165) is 35.8 Å². The van der Waals surface area contributed by atoms with Gasteiger partial charge in [-0.25, -0.2) is 4.68 Å². The van der Waals surface area contributed by atoms with Gasteiger partial charge in [-0.15, -0.1) is 0 Å². The molecule has 0 bridgehead atoms. The van der Waals surface area contributed by atoms with E-state index in [0.29, 0.717) is 17.4 Å². The number of carbonyl (C=O) groups is 1. The summed E-state index contributed by atoms with van der Waals surface area (Å²) in [5.74, 6) is 0.950. The summed E-state index contributed by atoms with van der Waals surface area (Å²) in [5.41, 5.74) is 1.16. The fraction of sp³-hybridized carbons (Fsp3) is 0.421. The Balaban J connectivity index is 1.65. The van der Waals surface area contributed by atoms with E-state index in [2.05, 4.69) is 23.9 Å². The van der Waals surface area contributed by atoms with Gasteiger partial charge in [0.25, 0.3) is 5.56 Å². The summed E-state index contributed by atoms with van der Waals surface area (Å²) < 4.78 is 1.27. The van der Waals surface area contributed by atoms with Gasteiger partial charge in [-0.3, -0.25) is 9.59 Å². The molecule has 0 saturated carbocycles. The van der Waals surface area contributed by atoms with Crippen molar-refractivity contribution in [2.45, 2.75) is 26.8 Å². The van der Waals surface area contributed by atoms with Crippen molar-refractivity contribution in [1.29, 1.82) is 0 Å². The van der Waals surface area contributed by atoms with Crippen LogP contribution in [0.3, 0.4) is 0 Å². The van der Waals surface area contributed by atoms with Crippen LogP contribution in [0.15, 0.2) is 35.3 Å². The maximum atomic E-state index is 12.7. The van der Waals surface area contributed by atoms with Gasteiger partial charge in [-0.2, -0.15) is 5.10 Å². The molecule has 6 heteroatoms. The van der Waals surface area contributed by atoms with E-state index in [-0.39, 0.29) is 18.0 Å². The van der Waals surface area contributed by atoms with Crippen LogP contribution in [0.5, 0.6) is 0 Å². The summed E-state index contributed by atoms with van der Waals surface area (Å²) in [5, 5.41) is 6.01. The quantitative estimate of drug-likeness (QED) is 0.780. The lowest BCUT2D eigenvalue weighted by atomic mass is 9.92. The second kappa shape index (κ2) is 6.02. The molecule has 4 rings (SSSR count). The molecule has 0 unspecified atom stereocenters. The standard InChI is InChI=1S/C19H22N4O2/c1-12-7-13(2)10-22(9-12)17(24)11-23-19(25)18-15(8-20-23)14-5-3-4-6-16(14)21-18/h3-6,8,12-13,21H,7,9-11H2,1-2H3/t12-,13-/m0/s1. The van der Waals surface area contributed by atoms with E-state index in [1.54, 1.807) is 6.20 Å². The zero-order valence-electron chi connectivity index (χ0n) is 14.5. The first-order valence-corrected chi connectivity index (χ1v) is 8.77. The molecule has 1 aromatic carbocycles. The highest BCUT2D eigenvalue weighted by molar-refractivity contribution is 6.06. The van der Waals surface area contributed by atoms with Gasteiger partial charge >= 0.3 is 0 Å². The van der Waals surface area contributed by atoms with Gasteiger partial charge in [-0.05, 0) is 24.3 Å². The van der Waals surface area contributed by atoms with Gasteiger partial charge < -0.3 is 9.88 Å². The van der Waals surface area contributed by atoms with Crippen molar-refractivity contribution in [3.05, 3.63) is 40.8 Å². The zero-order valence-corrected chi connectivity index (χ0v) is 14.5. The van der Waals surface area contributed by atoms with Crippen LogP contribution in [0.25, 0.3) is 21.8 Å². The first-order chi connectivity index (χ1) is 12.0. The number of hydrogen-bond acceptors (Lipinski definition) is 3. The van der Waals surface area contributed by atoms with E-state index in [9.17, 15) is 9.59 Å². The first-order valence-electron chi connectivity index (χ1n) is 8.77. The Morgan fingerprint density at radius 2 is 1.92 bits per heavy atom. The minimum Gasteiger partial charge on any atom is -0.350 e. The summed E-state index contributed by atoms with van der Waals surface area (Å²) in [4.78, 5) is 30.4. The molecule has 0 radical (unpaired) electrons. The molecule has 1 saturated heterocycles. The third-order valence-corrected chi connectivity index (χ3v) is 5.03. The van der Waals surface area contributed by atoms with Crippen molar-refractivity contribution in [3.8, 4) is 0 Å². The number of carbonyl (C=O) groups excluding carboxylic acids is 1. The molecule has 1 aliphatic rings. The minimum atomic E-state index is -0.250. The number of rotatable bonds is 2. The first kappa shape index (κ1) is 15.9. The second-order valence-electron chi connectivity index (χ2n) is 7.31. The van der Waals surface area contributed by atoms with E-state index in [4.69, 9.17) is 0 Å². The highest BCUT2D eigenvalue weighted by Crippen LogP contribution is 2.22. The van der Waals surface area contributed by atoms with Gasteiger partial charge in [0.1, 0.15) is 12.1 Å². The van der Waals surface area contributed by atoms with Crippen molar-refractivity contribution in [2.24, 2.45) is 11.8 Å². The predicted octanol–water partition coefficient (Wildman–Crippen LogP) is 2.38. The van der Waals surface area contributed by atoms with Gasteiger partial charge in [-0.1, -0.05) is 32.0 Å². The molecule has 1 fully saturated rings. The monoisotopic (exact) mass is 338 g/mol. The van der Waals surface area contributed by atoms with Crippen LogP contribution < -0.4 is 5.56 Å². The lowest BCUT2D eigenvalue weighted by Crippen LogP contribution is -2.45. The molecule has 1 aliphatic heterocycles. The van der Waals surface area contributed by atoms with E-state index in [1.807, 2.05) is 29.2 Å². The molecule has 1 N–H and O–H groups in total. The summed E-state index contributed by atoms with van der Waals surface area (Å²) in [6, 6.07) is 7.75. The lowest BCUT2D eigenvalue weighted by molar-refractivity contribution is -0.134. The van der Waals surface area contributed by atoms with Gasteiger partial charge in [0.15, 0.2) is 0 Å². The van der Waals surface area contributed by atoms with E-state index >= 15 is 0 Å². The molecule has 0 spiro atoms. The number of amides is 1. The lowest BCUT2D eigenvalue weighted by Gasteiger charge is -2.35. The molecular weight excluding hydrogens is 316 g/mol. The van der Waals surface area contributed by atoms with E-state index in [1.165, 1.54) is 4.68 Å². The van der Waals surface area contributed by atoms with Crippen LogP contribution in [0.4, 0.5) is 0 Å². The smallest absolute Gasteiger partial charge is 0.291 e. The van der Waals surface area contributed by atoms with Crippen LogP contribution >= 0.6 is 0 Å². The number of piperidine rings is 1. The summed E-state index contributed by atoms with van der Waals surface area (Å²) in [7, 11) is 0. The number of nitrogens with one attached hydrogen (secondary N) is 1. The molecule has 3 heterocycles. The number of fused-ring (bicyclic) bond motifs is 3.